The summed E-state index contributed by atoms with van der Waals surface area (Å²) < 4.78 is 5.57. The van der Waals surface area contributed by atoms with Gasteiger partial charge in [-0.25, -0.2) is 4.79 Å². The first-order valence-corrected chi connectivity index (χ1v) is 16.3. The molecule has 2 unspecified atom stereocenters. The molecule has 2 heteroatoms. The maximum atomic E-state index is 11.9. The minimum Gasteiger partial charge on any atom is -0.462 e. The topological polar surface area (TPSA) is 26.3 Å². The molecule has 0 bridgehead atoms. The van der Waals surface area contributed by atoms with Crippen molar-refractivity contribution in [2.45, 2.75) is 182 Å². The van der Waals surface area contributed by atoms with Crippen LogP contribution in [0.15, 0.2) is 12.2 Å². The molecule has 0 aliphatic heterocycles. The standard InChI is InChI=1S/C34H66O2/c1-6-8-10-12-14-16-17-18-19-21-23-25-27-33(30-36-34(35)31(3)4)29-28-32(5)26-24-22-20-15-13-11-9-7-2/h32-33H,3,6-30H2,1-2,4-5H3. The third kappa shape index (κ3) is 24.9. The van der Waals surface area contributed by atoms with E-state index in [1.165, 1.54) is 154 Å². The van der Waals surface area contributed by atoms with Crippen LogP contribution in [0, 0.1) is 11.8 Å². The Kier molecular flexibility index (Phi) is 26.7. The summed E-state index contributed by atoms with van der Waals surface area (Å²) in [5.41, 5.74) is 0.516. The van der Waals surface area contributed by atoms with Crippen LogP contribution in [0.1, 0.15) is 182 Å². The molecule has 0 amide bonds. The van der Waals surface area contributed by atoms with Crippen LogP contribution in [-0.2, 0) is 9.53 Å². The molecule has 2 atom stereocenters. The van der Waals surface area contributed by atoms with Gasteiger partial charge in [0.15, 0.2) is 0 Å². The van der Waals surface area contributed by atoms with Crippen LogP contribution in [0.5, 0.6) is 0 Å². The molecule has 214 valence electrons. The van der Waals surface area contributed by atoms with Gasteiger partial charge in [-0.3, -0.25) is 0 Å². The number of hydrogen-bond acceptors (Lipinski definition) is 2. The lowest BCUT2D eigenvalue weighted by atomic mass is 9.90. The summed E-state index contributed by atoms with van der Waals surface area (Å²) in [6, 6.07) is 0. The largest absolute Gasteiger partial charge is 0.462 e. The number of carbonyl (C=O) groups excluding carboxylic acids is 1. The molecular formula is C34H66O2. The number of unbranched alkanes of at least 4 members (excludes halogenated alkanes) is 18. The van der Waals surface area contributed by atoms with Crippen LogP contribution in [0.25, 0.3) is 0 Å². The van der Waals surface area contributed by atoms with Gasteiger partial charge in [0.25, 0.3) is 0 Å². The Morgan fingerprint density at radius 1 is 0.583 bits per heavy atom. The predicted molar refractivity (Wildman–Crippen MR) is 161 cm³/mol. The van der Waals surface area contributed by atoms with Gasteiger partial charge in [-0.2, -0.15) is 0 Å². The van der Waals surface area contributed by atoms with Crippen LogP contribution in [-0.4, -0.2) is 12.6 Å². The first kappa shape index (κ1) is 35.2. The smallest absolute Gasteiger partial charge is 0.333 e. The highest BCUT2D eigenvalue weighted by Crippen LogP contribution is 2.23. The fraction of sp³-hybridized carbons (Fsp3) is 0.912. The zero-order chi connectivity index (χ0) is 26.7. The fourth-order valence-corrected chi connectivity index (χ4v) is 5.19. The second-order valence-corrected chi connectivity index (χ2v) is 11.9. The highest BCUT2D eigenvalue weighted by atomic mass is 16.5. The monoisotopic (exact) mass is 507 g/mol. The summed E-state index contributed by atoms with van der Waals surface area (Å²) in [4.78, 5) is 11.9. The Morgan fingerprint density at radius 3 is 1.39 bits per heavy atom. The van der Waals surface area contributed by atoms with Crippen LogP contribution < -0.4 is 0 Å². The van der Waals surface area contributed by atoms with Crippen molar-refractivity contribution in [1.82, 2.24) is 0 Å². The fourth-order valence-electron chi connectivity index (χ4n) is 5.19. The number of ether oxygens (including phenoxy) is 1. The van der Waals surface area contributed by atoms with E-state index in [1.54, 1.807) is 6.92 Å². The van der Waals surface area contributed by atoms with Crippen molar-refractivity contribution in [3.05, 3.63) is 12.2 Å². The van der Waals surface area contributed by atoms with Crippen molar-refractivity contribution in [3.63, 3.8) is 0 Å². The van der Waals surface area contributed by atoms with Gasteiger partial charge in [-0.15, -0.1) is 0 Å². The summed E-state index contributed by atoms with van der Waals surface area (Å²) in [7, 11) is 0. The highest BCUT2D eigenvalue weighted by Gasteiger charge is 2.14. The van der Waals surface area contributed by atoms with E-state index in [-0.39, 0.29) is 5.97 Å². The van der Waals surface area contributed by atoms with E-state index in [4.69, 9.17) is 4.74 Å². The zero-order valence-corrected chi connectivity index (χ0v) is 25.4. The third-order valence-electron chi connectivity index (χ3n) is 7.88. The van der Waals surface area contributed by atoms with Gasteiger partial charge >= 0.3 is 5.97 Å². The molecule has 0 saturated carbocycles. The summed E-state index contributed by atoms with van der Waals surface area (Å²) in [6.07, 6.45) is 32.9. The van der Waals surface area contributed by atoms with Gasteiger partial charge in [0.05, 0.1) is 6.61 Å². The summed E-state index contributed by atoms with van der Waals surface area (Å²) in [5.74, 6) is 1.07. The highest BCUT2D eigenvalue weighted by molar-refractivity contribution is 5.86. The Labute approximate surface area is 227 Å². The molecule has 0 aliphatic carbocycles. The molecular weight excluding hydrogens is 440 g/mol. The SMILES string of the molecule is C=C(C)C(=O)OCC(CCCCCCCCCCCCCC)CCC(C)CCCCCCCCCC. The van der Waals surface area contributed by atoms with E-state index in [9.17, 15) is 4.79 Å². The molecule has 0 radical (unpaired) electrons. The predicted octanol–water partition coefficient (Wildman–Crippen LogP) is 11.8. The Hall–Kier alpha value is -0.790. The van der Waals surface area contributed by atoms with Gasteiger partial charge in [-0.1, -0.05) is 169 Å². The van der Waals surface area contributed by atoms with Crippen LogP contribution in [0.4, 0.5) is 0 Å². The lowest BCUT2D eigenvalue weighted by Gasteiger charge is -2.19. The number of rotatable bonds is 28. The summed E-state index contributed by atoms with van der Waals surface area (Å²) in [5, 5.41) is 0. The van der Waals surface area contributed by atoms with Crippen molar-refractivity contribution < 1.29 is 9.53 Å². The van der Waals surface area contributed by atoms with Crippen molar-refractivity contribution in [2.24, 2.45) is 11.8 Å². The average molecular weight is 507 g/mol. The molecule has 0 aliphatic rings. The summed E-state index contributed by atoms with van der Waals surface area (Å²) in [6.45, 7) is 13.1. The van der Waals surface area contributed by atoms with E-state index in [1.807, 2.05) is 0 Å². The van der Waals surface area contributed by atoms with Gasteiger partial charge in [0.1, 0.15) is 0 Å². The number of carbonyl (C=O) groups is 1. The minimum atomic E-state index is -0.221. The van der Waals surface area contributed by atoms with Gasteiger partial charge in [0.2, 0.25) is 0 Å². The minimum absolute atomic E-state index is 0.221. The van der Waals surface area contributed by atoms with E-state index in [2.05, 4.69) is 27.4 Å². The first-order chi connectivity index (χ1) is 17.5. The lowest BCUT2D eigenvalue weighted by molar-refractivity contribution is -0.140. The maximum absolute atomic E-state index is 11.9. The Balaban J connectivity index is 3.97. The number of esters is 1. The molecule has 2 nitrogen and oxygen atoms in total. The van der Waals surface area contributed by atoms with E-state index in [0.29, 0.717) is 18.1 Å². The summed E-state index contributed by atoms with van der Waals surface area (Å²) >= 11 is 0. The molecule has 0 aromatic heterocycles. The molecule has 0 aromatic carbocycles. The van der Waals surface area contributed by atoms with Gasteiger partial charge < -0.3 is 4.74 Å². The van der Waals surface area contributed by atoms with Crippen LogP contribution in [0.2, 0.25) is 0 Å². The first-order valence-electron chi connectivity index (χ1n) is 16.3. The Morgan fingerprint density at radius 2 is 0.972 bits per heavy atom. The quantitative estimate of drug-likeness (QED) is 0.0599. The normalized spacial score (nSPS) is 13.0. The van der Waals surface area contributed by atoms with Crippen molar-refractivity contribution in [2.75, 3.05) is 6.61 Å². The molecule has 0 aromatic rings. The molecule has 0 heterocycles. The zero-order valence-electron chi connectivity index (χ0n) is 25.4. The van der Waals surface area contributed by atoms with E-state index >= 15 is 0 Å². The number of hydrogen-bond donors (Lipinski definition) is 0. The molecule has 0 rings (SSSR count). The Bertz CT molecular complexity index is 484. The molecule has 36 heavy (non-hydrogen) atoms. The van der Waals surface area contributed by atoms with E-state index in [0.717, 1.165) is 5.92 Å². The second-order valence-electron chi connectivity index (χ2n) is 11.9. The van der Waals surface area contributed by atoms with Crippen molar-refractivity contribution in [3.8, 4) is 0 Å². The van der Waals surface area contributed by atoms with Crippen LogP contribution >= 0.6 is 0 Å². The third-order valence-corrected chi connectivity index (χ3v) is 7.88. The second kappa shape index (κ2) is 27.3. The van der Waals surface area contributed by atoms with Crippen LogP contribution in [0.3, 0.4) is 0 Å². The van der Waals surface area contributed by atoms with Crippen molar-refractivity contribution >= 4 is 5.97 Å². The lowest BCUT2D eigenvalue weighted by Crippen LogP contribution is -2.16. The van der Waals surface area contributed by atoms with Gasteiger partial charge in [0, 0.05) is 5.57 Å². The molecule has 0 spiro atoms. The molecule has 0 saturated heterocycles. The molecule has 0 fully saturated rings. The van der Waals surface area contributed by atoms with Gasteiger partial charge in [-0.05, 0) is 31.6 Å². The van der Waals surface area contributed by atoms with Crippen molar-refractivity contribution in [1.29, 1.82) is 0 Å². The maximum Gasteiger partial charge on any atom is 0.333 e. The average Bonchev–Trinajstić information content (AvgIpc) is 2.87. The van der Waals surface area contributed by atoms with E-state index < -0.39 is 0 Å². The molecule has 0 N–H and O–H groups in total.